The summed E-state index contributed by atoms with van der Waals surface area (Å²) >= 11 is 0. The molecule has 0 unspecified atom stereocenters. The highest BCUT2D eigenvalue weighted by Gasteiger charge is 2.20. The molecule has 2 aromatic heterocycles. The molecule has 0 bridgehead atoms. The van der Waals surface area contributed by atoms with E-state index in [9.17, 15) is 14.9 Å². The molecule has 0 aliphatic rings. The molecule has 0 fully saturated rings. The zero-order valence-electron chi connectivity index (χ0n) is 8.25. The zero-order valence-corrected chi connectivity index (χ0v) is 8.25. The summed E-state index contributed by atoms with van der Waals surface area (Å²) < 4.78 is 1.25. The smallest absolute Gasteiger partial charge is 0.350 e. The molecule has 2 rings (SSSR count). The number of imidazole rings is 1. The lowest BCUT2D eigenvalue weighted by Crippen LogP contribution is -1.99. The van der Waals surface area contributed by atoms with Gasteiger partial charge in [-0.05, 0) is 17.9 Å². The molecule has 7 heteroatoms. The van der Waals surface area contributed by atoms with Gasteiger partial charge in [0.1, 0.15) is 5.69 Å². The van der Waals surface area contributed by atoms with E-state index in [1.807, 2.05) is 0 Å². The third kappa shape index (κ3) is 1.38. The fourth-order valence-electron chi connectivity index (χ4n) is 1.50. The molecule has 0 saturated carbocycles. The molecule has 0 saturated heterocycles. The minimum absolute atomic E-state index is 0.0485. The number of nitrogens with zero attached hydrogens (tertiary/aromatic N) is 3. The number of carboxylic acids is 1. The van der Waals surface area contributed by atoms with Crippen molar-refractivity contribution >= 4 is 17.4 Å². The maximum atomic E-state index is 10.7. The van der Waals surface area contributed by atoms with E-state index in [4.69, 9.17) is 5.11 Å². The van der Waals surface area contributed by atoms with Crippen LogP contribution in [0.4, 0.5) is 5.82 Å². The van der Waals surface area contributed by atoms with Gasteiger partial charge in [-0.1, -0.05) is 0 Å². The molecule has 0 radical (unpaired) electrons. The molecule has 0 amide bonds. The monoisotopic (exact) mass is 221 g/mol. The van der Waals surface area contributed by atoms with Gasteiger partial charge in [0.25, 0.3) is 0 Å². The molecule has 82 valence electrons. The fraction of sp³-hybridized carbons (Fsp3) is 0.111. The zero-order chi connectivity index (χ0) is 11.9. The Kier molecular flexibility index (Phi) is 2.08. The van der Waals surface area contributed by atoms with Crippen molar-refractivity contribution in [3.63, 3.8) is 0 Å². The van der Waals surface area contributed by atoms with Crippen molar-refractivity contribution in [1.82, 2.24) is 9.38 Å². The molecule has 16 heavy (non-hydrogen) atoms. The average molecular weight is 221 g/mol. The van der Waals surface area contributed by atoms with Crippen molar-refractivity contribution in [3.05, 3.63) is 39.7 Å². The second-order valence-corrected chi connectivity index (χ2v) is 3.23. The summed E-state index contributed by atoms with van der Waals surface area (Å²) in [6.45, 7) is 1.51. The van der Waals surface area contributed by atoms with E-state index in [0.29, 0.717) is 0 Å². The van der Waals surface area contributed by atoms with Gasteiger partial charge in [-0.25, -0.2) is 9.78 Å². The van der Waals surface area contributed by atoms with Crippen LogP contribution in [0.15, 0.2) is 18.3 Å². The van der Waals surface area contributed by atoms with Gasteiger partial charge in [0.05, 0.1) is 11.8 Å². The van der Waals surface area contributed by atoms with Crippen LogP contribution >= 0.6 is 0 Å². The van der Waals surface area contributed by atoms with E-state index in [2.05, 4.69) is 4.98 Å². The Morgan fingerprint density at radius 1 is 1.62 bits per heavy atom. The Bertz CT molecular complexity index is 602. The number of pyridine rings is 1. The van der Waals surface area contributed by atoms with E-state index in [1.54, 1.807) is 0 Å². The number of fused-ring (bicyclic) bond motifs is 1. The predicted molar refractivity (Wildman–Crippen MR) is 53.5 cm³/mol. The van der Waals surface area contributed by atoms with E-state index in [0.717, 1.165) is 0 Å². The predicted octanol–water partition coefficient (Wildman–Crippen LogP) is 1.25. The first-order chi connectivity index (χ1) is 7.50. The third-order valence-corrected chi connectivity index (χ3v) is 2.19. The van der Waals surface area contributed by atoms with Gasteiger partial charge in [-0.2, -0.15) is 4.40 Å². The van der Waals surface area contributed by atoms with E-state index in [-0.39, 0.29) is 22.7 Å². The van der Waals surface area contributed by atoms with E-state index < -0.39 is 10.9 Å². The first-order valence-electron chi connectivity index (χ1n) is 4.37. The van der Waals surface area contributed by atoms with E-state index in [1.165, 1.54) is 29.7 Å². The van der Waals surface area contributed by atoms with Gasteiger partial charge in [0, 0.05) is 6.07 Å². The van der Waals surface area contributed by atoms with Crippen molar-refractivity contribution in [1.29, 1.82) is 0 Å². The van der Waals surface area contributed by atoms with Crippen LogP contribution in [0.5, 0.6) is 0 Å². The highest BCUT2D eigenvalue weighted by Crippen LogP contribution is 2.20. The summed E-state index contributed by atoms with van der Waals surface area (Å²) in [5.41, 5.74) is 0.559. The van der Waals surface area contributed by atoms with Crippen molar-refractivity contribution in [2.45, 2.75) is 6.92 Å². The van der Waals surface area contributed by atoms with Gasteiger partial charge in [-0.3, -0.25) is 0 Å². The summed E-state index contributed by atoms with van der Waals surface area (Å²) in [7, 11) is 0. The molecule has 2 heterocycles. The molecule has 1 N–H and O–H groups in total. The Hall–Kier alpha value is -2.44. The van der Waals surface area contributed by atoms with Crippen molar-refractivity contribution < 1.29 is 14.8 Å². The molecular formula is C9H7N3O4. The highest BCUT2D eigenvalue weighted by molar-refractivity contribution is 5.88. The lowest BCUT2D eigenvalue weighted by atomic mass is 10.3. The fourth-order valence-corrected chi connectivity index (χ4v) is 1.50. The van der Waals surface area contributed by atoms with Crippen molar-refractivity contribution in [2.24, 2.45) is 0 Å². The number of aromatic carboxylic acids is 1. The van der Waals surface area contributed by atoms with Crippen molar-refractivity contribution in [3.8, 4) is 0 Å². The minimum Gasteiger partial charge on any atom is -0.478 e. The number of nitro groups is 1. The number of hydrogen-bond donors (Lipinski definition) is 1. The van der Waals surface area contributed by atoms with Crippen LogP contribution in [-0.4, -0.2) is 25.4 Å². The normalized spacial score (nSPS) is 10.6. The maximum Gasteiger partial charge on any atom is 0.350 e. The number of rotatable bonds is 2. The van der Waals surface area contributed by atoms with Gasteiger partial charge >= 0.3 is 11.8 Å². The van der Waals surface area contributed by atoms with Gasteiger partial charge in [0.15, 0.2) is 0 Å². The summed E-state index contributed by atoms with van der Waals surface area (Å²) in [6, 6.07) is 2.59. The largest absolute Gasteiger partial charge is 0.478 e. The Morgan fingerprint density at radius 2 is 2.31 bits per heavy atom. The van der Waals surface area contributed by atoms with Crippen LogP contribution in [0.1, 0.15) is 16.1 Å². The van der Waals surface area contributed by atoms with Crippen LogP contribution in [0.25, 0.3) is 5.65 Å². The topological polar surface area (TPSA) is 97.7 Å². The van der Waals surface area contributed by atoms with Crippen LogP contribution in [0, 0.1) is 17.0 Å². The first-order valence-corrected chi connectivity index (χ1v) is 4.37. The van der Waals surface area contributed by atoms with Crippen LogP contribution in [0.2, 0.25) is 0 Å². The Morgan fingerprint density at radius 3 is 2.88 bits per heavy atom. The molecule has 0 aliphatic carbocycles. The van der Waals surface area contributed by atoms with Crippen LogP contribution < -0.4 is 0 Å². The maximum absolute atomic E-state index is 10.7. The Labute approximate surface area is 89.1 Å². The summed E-state index contributed by atoms with van der Waals surface area (Å²) in [5.74, 6) is -1.24. The quantitative estimate of drug-likeness (QED) is 0.607. The summed E-state index contributed by atoms with van der Waals surface area (Å²) in [5, 5.41) is 19.5. The third-order valence-electron chi connectivity index (χ3n) is 2.19. The minimum atomic E-state index is -1.09. The second-order valence-electron chi connectivity index (χ2n) is 3.23. The van der Waals surface area contributed by atoms with Crippen LogP contribution in [-0.2, 0) is 0 Å². The molecule has 0 atom stereocenters. The lowest BCUT2D eigenvalue weighted by molar-refractivity contribution is -0.390. The number of hydrogen-bond acceptors (Lipinski definition) is 4. The summed E-state index contributed by atoms with van der Waals surface area (Å²) in [6.07, 6.45) is 1.33. The lowest BCUT2D eigenvalue weighted by Gasteiger charge is -1.95. The molecule has 0 aliphatic heterocycles. The van der Waals surface area contributed by atoms with Gasteiger partial charge < -0.3 is 15.2 Å². The van der Waals surface area contributed by atoms with Crippen molar-refractivity contribution in [2.75, 3.05) is 0 Å². The molecule has 2 aromatic rings. The number of aromatic nitrogens is 2. The number of aryl methyl sites for hydroxylation is 1. The number of carboxylic acid groups (broad SMARTS) is 1. The van der Waals surface area contributed by atoms with Crippen LogP contribution in [0.3, 0.4) is 0 Å². The second kappa shape index (κ2) is 3.30. The van der Waals surface area contributed by atoms with E-state index >= 15 is 0 Å². The molecule has 7 nitrogen and oxygen atoms in total. The standard InChI is InChI=1S/C9H7N3O4/c1-5-8(12(15)16)11-3-2-6(9(13)14)4-7(11)10-5/h2-4H,1H3,(H,13,14). The van der Waals surface area contributed by atoms with Gasteiger partial charge in [0.2, 0.25) is 5.65 Å². The molecular weight excluding hydrogens is 214 g/mol. The molecule has 0 aromatic carbocycles. The average Bonchev–Trinajstić information content (AvgIpc) is 2.51. The summed E-state index contributed by atoms with van der Waals surface area (Å²) in [4.78, 5) is 24.8. The first kappa shape index (κ1) is 10.1. The van der Waals surface area contributed by atoms with Gasteiger partial charge in [-0.15, -0.1) is 0 Å². The Balaban J connectivity index is 2.75. The highest BCUT2D eigenvalue weighted by atomic mass is 16.6. The molecule has 0 spiro atoms. The number of carbonyl (C=O) groups is 1. The SMILES string of the molecule is Cc1nc2cc(C(=O)O)ccn2c1[N+](=O)[O-].